The van der Waals surface area contributed by atoms with Gasteiger partial charge in [-0.15, -0.1) is 10.2 Å². The van der Waals surface area contributed by atoms with Crippen LogP contribution in [0.2, 0.25) is 0 Å². The number of benzene rings is 1. The van der Waals surface area contributed by atoms with E-state index in [0.29, 0.717) is 29.5 Å². The highest BCUT2D eigenvalue weighted by atomic mass is 32.2. The molecule has 3 aromatic rings. The molecule has 0 bridgehead atoms. The molecule has 28 heavy (non-hydrogen) atoms. The van der Waals surface area contributed by atoms with Crippen molar-refractivity contribution in [3.8, 4) is 11.4 Å². The van der Waals surface area contributed by atoms with Gasteiger partial charge in [-0.3, -0.25) is 14.6 Å². The number of amides is 1. The maximum atomic E-state index is 12.7. The Bertz CT molecular complexity index is 1020. The summed E-state index contributed by atoms with van der Waals surface area (Å²) >= 11 is 1.34. The van der Waals surface area contributed by atoms with Gasteiger partial charge in [0.25, 0.3) is 0 Å². The van der Waals surface area contributed by atoms with Crippen LogP contribution < -0.4 is 4.90 Å². The van der Waals surface area contributed by atoms with Crippen molar-refractivity contribution >= 4 is 29.1 Å². The summed E-state index contributed by atoms with van der Waals surface area (Å²) in [7, 11) is 1.87. The van der Waals surface area contributed by atoms with Crippen molar-refractivity contribution in [1.29, 1.82) is 0 Å². The van der Waals surface area contributed by atoms with E-state index in [2.05, 4.69) is 15.2 Å². The van der Waals surface area contributed by atoms with Crippen molar-refractivity contribution < 1.29 is 9.59 Å². The predicted molar refractivity (Wildman–Crippen MR) is 107 cm³/mol. The molecule has 0 aliphatic carbocycles. The van der Waals surface area contributed by atoms with Crippen LogP contribution in [0.1, 0.15) is 23.2 Å². The third-order valence-electron chi connectivity index (χ3n) is 4.64. The molecule has 0 saturated carbocycles. The monoisotopic (exact) mass is 393 g/mol. The molecule has 1 amide bonds. The van der Waals surface area contributed by atoms with Gasteiger partial charge in [-0.2, -0.15) is 0 Å². The lowest BCUT2D eigenvalue weighted by atomic mass is 10.1. The molecule has 4 rings (SSSR count). The minimum atomic E-state index is -0.00979. The number of anilines is 1. The van der Waals surface area contributed by atoms with Crippen molar-refractivity contribution in [2.24, 2.45) is 7.05 Å². The Kier molecular flexibility index (Phi) is 5.21. The fourth-order valence-electron chi connectivity index (χ4n) is 3.17. The number of carbonyl (C=O) groups excluding carboxylic acids is 2. The smallest absolute Gasteiger partial charge is 0.227 e. The second-order valence-corrected chi connectivity index (χ2v) is 7.46. The van der Waals surface area contributed by atoms with Gasteiger partial charge >= 0.3 is 0 Å². The largest absolute Gasteiger partial charge is 0.312 e. The molecule has 0 N–H and O–H groups in total. The standard InChI is InChI=1S/C20H19N5O2S/c1-24-19(15-6-3-9-21-12-15)22-23-20(24)28-13-17(26)14-5-2-7-16(11-14)25-10-4-8-18(25)27/h2-3,5-7,9,11-12H,4,8,10,13H2,1H3. The van der Waals surface area contributed by atoms with Crippen LogP contribution in [0.3, 0.4) is 0 Å². The molecule has 7 nitrogen and oxygen atoms in total. The third kappa shape index (κ3) is 3.68. The zero-order chi connectivity index (χ0) is 19.5. The molecule has 8 heteroatoms. The highest BCUT2D eigenvalue weighted by Crippen LogP contribution is 2.25. The lowest BCUT2D eigenvalue weighted by molar-refractivity contribution is -0.117. The maximum absolute atomic E-state index is 12.7. The topological polar surface area (TPSA) is 81.0 Å². The Balaban J connectivity index is 1.45. The van der Waals surface area contributed by atoms with E-state index in [-0.39, 0.29) is 17.4 Å². The zero-order valence-electron chi connectivity index (χ0n) is 15.4. The Morgan fingerprint density at radius 1 is 1.21 bits per heavy atom. The number of ketones is 1. The average molecular weight is 393 g/mol. The molecule has 1 saturated heterocycles. The SMILES string of the molecule is Cn1c(SCC(=O)c2cccc(N3CCCC3=O)c2)nnc1-c1cccnc1. The van der Waals surface area contributed by atoms with Crippen LogP contribution in [-0.4, -0.2) is 43.7 Å². The molecule has 0 unspecified atom stereocenters. The number of nitrogens with zero attached hydrogens (tertiary/aromatic N) is 5. The molecule has 1 aromatic carbocycles. The van der Waals surface area contributed by atoms with E-state index in [0.717, 1.165) is 17.7 Å². The highest BCUT2D eigenvalue weighted by molar-refractivity contribution is 7.99. The summed E-state index contributed by atoms with van der Waals surface area (Å²) < 4.78 is 1.86. The van der Waals surface area contributed by atoms with E-state index in [1.165, 1.54) is 11.8 Å². The van der Waals surface area contributed by atoms with Crippen molar-refractivity contribution in [2.75, 3.05) is 17.2 Å². The molecule has 1 aliphatic rings. The lowest BCUT2D eigenvalue weighted by Gasteiger charge is -2.16. The number of aromatic nitrogens is 4. The Morgan fingerprint density at radius 2 is 2.11 bits per heavy atom. The van der Waals surface area contributed by atoms with Gasteiger partial charge in [0, 0.05) is 49.2 Å². The first-order valence-electron chi connectivity index (χ1n) is 9.00. The van der Waals surface area contributed by atoms with Gasteiger partial charge in [-0.1, -0.05) is 23.9 Å². The summed E-state index contributed by atoms with van der Waals surface area (Å²) in [4.78, 5) is 30.4. The van der Waals surface area contributed by atoms with E-state index in [4.69, 9.17) is 0 Å². The van der Waals surface area contributed by atoms with Crippen molar-refractivity contribution in [3.05, 3.63) is 54.4 Å². The predicted octanol–water partition coefficient (Wildman–Crippen LogP) is 2.98. The first-order valence-corrected chi connectivity index (χ1v) is 9.98. The van der Waals surface area contributed by atoms with Crippen LogP contribution in [0.4, 0.5) is 5.69 Å². The minimum absolute atomic E-state index is 0.00979. The molecular weight excluding hydrogens is 374 g/mol. The number of hydrogen-bond acceptors (Lipinski definition) is 6. The Hall–Kier alpha value is -3.00. The van der Waals surface area contributed by atoms with Crippen LogP contribution in [0, 0.1) is 0 Å². The summed E-state index contributed by atoms with van der Waals surface area (Å²) in [6, 6.07) is 11.0. The van der Waals surface area contributed by atoms with Gasteiger partial charge in [0.15, 0.2) is 16.8 Å². The molecule has 2 aromatic heterocycles. The molecule has 1 aliphatic heterocycles. The van der Waals surface area contributed by atoms with Crippen LogP contribution in [-0.2, 0) is 11.8 Å². The third-order valence-corrected chi connectivity index (χ3v) is 5.66. The molecule has 0 atom stereocenters. The van der Waals surface area contributed by atoms with Crippen molar-refractivity contribution in [1.82, 2.24) is 19.7 Å². The fraction of sp³-hybridized carbons (Fsp3) is 0.250. The van der Waals surface area contributed by atoms with E-state index in [9.17, 15) is 9.59 Å². The molecule has 3 heterocycles. The second-order valence-electron chi connectivity index (χ2n) is 6.52. The van der Waals surface area contributed by atoms with Crippen LogP contribution in [0.15, 0.2) is 53.9 Å². The Labute approximate surface area is 166 Å². The van der Waals surface area contributed by atoms with E-state index in [1.54, 1.807) is 29.4 Å². The fourth-order valence-corrected chi connectivity index (χ4v) is 3.97. The molecular formula is C20H19N5O2S. The van der Waals surface area contributed by atoms with Crippen LogP contribution in [0.5, 0.6) is 0 Å². The lowest BCUT2D eigenvalue weighted by Crippen LogP contribution is -2.23. The Morgan fingerprint density at radius 3 is 2.86 bits per heavy atom. The number of rotatable bonds is 6. The highest BCUT2D eigenvalue weighted by Gasteiger charge is 2.22. The zero-order valence-corrected chi connectivity index (χ0v) is 16.2. The number of Topliss-reactive ketones (excluding diaryl/α,β-unsaturated/α-hetero) is 1. The second kappa shape index (κ2) is 7.93. The molecule has 1 fully saturated rings. The van der Waals surface area contributed by atoms with Gasteiger partial charge in [0.1, 0.15) is 0 Å². The number of carbonyl (C=O) groups is 2. The van der Waals surface area contributed by atoms with Gasteiger partial charge in [0.05, 0.1) is 5.75 Å². The molecule has 0 spiro atoms. The van der Waals surface area contributed by atoms with Gasteiger partial charge in [-0.25, -0.2) is 0 Å². The van der Waals surface area contributed by atoms with Crippen molar-refractivity contribution in [3.63, 3.8) is 0 Å². The minimum Gasteiger partial charge on any atom is -0.312 e. The van der Waals surface area contributed by atoms with Crippen molar-refractivity contribution in [2.45, 2.75) is 18.0 Å². The molecule has 142 valence electrons. The summed E-state index contributed by atoms with van der Waals surface area (Å²) in [5.41, 5.74) is 2.26. The maximum Gasteiger partial charge on any atom is 0.227 e. The summed E-state index contributed by atoms with van der Waals surface area (Å²) in [6.07, 6.45) is 4.87. The van der Waals surface area contributed by atoms with E-state index >= 15 is 0 Å². The van der Waals surface area contributed by atoms with E-state index in [1.807, 2.05) is 35.9 Å². The first-order chi connectivity index (χ1) is 13.6. The molecule has 0 radical (unpaired) electrons. The summed E-state index contributed by atoms with van der Waals surface area (Å²) in [5.74, 6) is 1.05. The quantitative estimate of drug-likeness (QED) is 0.473. The van der Waals surface area contributed by atoms with Gasteiger partial charge < -0.3 is 9.47 Å². The summed E-state index contributed by atoms with van der Waals surface area (Å²) in [6.45, 7) is 0.710. The number of thioether (sulfide) groups is 1. The number of pyridine rings is 1. The van der Waals surface area contributed by atoms with E-state index < -0.39 is 0 Å². The first kappa shape index (κ1) is 18.4. The van der Waals surface area contributed by atoms with Gasteiger partial charge in [0.2, 0.25) is 5.91 Å². The average Bonchev–Trinajstić information content (AvgIpc) is 3.32. The van der Waals surface area contributed by atoms with Crippen LogP contribution >= 0.6 is 11.8 Å². The summed E-state index contributed by atoms with van der Waals surface area (Å²) in [5, 5.41) is 9.06. The number of hydrogen-bond donors (Lipinski definition) is 0. The van der Waals surface area contributed by atoms with Gasteiger partial charge in [-0.05, 0) is 30.7 Å². The van der Waals surface area contributed by atoms with Crippen LogP contribution in [0.25, 0.3) is 11.4 Å². The normalized spacial score (nSPS) is 13.9.